The van der Waals surface area contributed by atoms with Gasteiger partial charge in [-0.2, -0.15) is 0 Å². The zero-order valence-electron chi connectivity index (χ0n) is 9.80. The number of carbonyl (C=O) groups is 1. The fraction of sp³-hybridized carbons (Fsp3) is 0.0714. The van der Waals surface area contributed by atoms with Crippen LogP contribution in [0.25, 0.3) is 0 Å². The summed E-state index contributed by atoms with van der Waals surface area (Å²) in [5.41, 5.74) is 0.772. The lowest BCUT2D eigenvalue weighted by Crippen LogP contribution is -2.26. The Morgan fingerprint density at radius 3 is 2.44 bits per heavy atom. The average molecular weight is 245 g/mol. The first-order valence-electron chi connectivity index (χ1n) is 5.41. The molecule has 2 aromatic rings. The molecule has 0 bridgehead atoms. The molecule has 0 heterocycles. The molecule has 0 aliphatic heterocycles. The van der Waals surface area contributed by atoms with Crippen LogP contribution in [-0.4, -0.2) is 18.1 Å². The van der Waals surface area contributed by atoms with Gasteiger partial charge in [0.25, 0.3) is 5.91 Å². The molecule has 3 nitrogen and oxygen atoms in total. The number of hydrogen-bond donors (Lipinski definition) is 1. The van der Waals surface area contributed by atoms with Crippen molar-refractivity contribution >= 4 is 11.6 Å². The number of halogens is 1. The van der Waals surface area contributed by atoms with Gasteiger partial charge in [-0.05, 0) is 24.3 Å². The molecule has 2 rings (SSSR count). The summed E-state index contributed by atoms with van der Waals surface area (Å²) in [6.07, 6.45) is 0. The highest BCUT2D eigenvalue weighted by Gasteiger charge is 2.17. The van der Waals surface area contributed by atoms with Crippen LogP contribution in [0.3, 0.4) is 0 Å². The molecule has 0 aliphatic rings. The van der Waals surface area contributed by atoms with Crippen LogP contribution in [0.4, 0.5) is 10.1 Å². The van der Waals surface area contributed by atoms with Crippen molar-refractivity contribution in [1.29, 1.82) is 0 Å². The van der Waals surface area contributed by atoms with Crippen LogP contribution in [0, 0.1) is 5.82 Å². The third kappa shape index (κ3) is 2.32. The Labute approximate surface area is 104 Å². The largest absolute Gasteiger partial charge is 0.507 e. The average Bonchev–Trinajstić information content (AvgIpc) is 2.38. The number of benzene rings is 2. The van der Waals surface area contributed by atoms with Crippen LogP contribution in [-0.2, 0) is 0 Å². The van der Waals surface area contributed by atoms with Gasteiger partial charge in [-0.15, -0.1) is 0 Å². The van der Waals surface area contributed by atoms with Gasteiger partial charge < -0.3 is 10.0 Å². The first kappa shape index (κ1) is 12.1. The minimum Gasteiger partial charge on any atom is -0.507 e. The maximum Gasteiger partial charge on any atom is 0.261 e. The van der Waals surface area contributed by atoms with E-state index in [0.717, 1.165) is 12.1 Å². The molecule has 0 spiro atoms. The van der Waals surface area contributed by atoms with Crippen LogP contribution in [0.1, 0.15) is 10.4 Å². The summed E-state index contributed by atoms with van der Waals surface area (Å²) in [5, 5.41) is 9.57. The summed E-state index contributed by atoms with van der Waals surface area (Å²) in [5.74, 6) is -1.33. The molecule has 0 atom stereocenters. The number of aromatic hydroxyl groups is 1. The van der Waals surface area contributed by atoms with Crippen LogP contribution >= 0.6 is 0 Å². The molecule has 0 radical (unpaired) electrons. The zero-order valence-corrected chi connectivity index (χ0v) is 9.80. The van der Waals surface area contributed by atoms with Gasteiger partial charge in [0.15, 0.2) is 0 Å². The summed E-state index contributed by atoms with van der Waals surface area (Å²) in [6.45, 7) is 0. The van der Waals surface area contributed by atoms with Gasteiger partial charge in [0, 0.05) is 18.8 Å². The van der Waals surface area contributed by atoms with Crippen molar-refractivity contribution in [2.24, 2.45) is 0 Å². The van der Waals surface area contributed by atoms with E-state index < -0.39 is 11.7 Å². The van der Waals surface area contributed by atoms with Crippen LogP contribution in [0.2, 0.25) is 0 Å². The Morgan fingerprint density at radius 1 is 1.17 bits per heavy atom. The van der Waals surface area contributed by atoms with Crippen molar-refractivity contribution in [2.45, 2.75) is 0 Å². The Hall–Kier alpha value is -2.36. The number of para-hydroxylation sites is 1. The highest BCUT2D eigenvalue weighted by atomic mass is 19.1. The number of carbonyl (C=O) groups excluding carboxylic acids is 1. The smallest absolute Gasteiger partial charge is 0.261 e. The lowest BCUT2D eigenvalue weighted by molar-refractivity contribution is 0.0990. The molecule has 2 aromatic carbocycles. The molecule has 0 saturated carbocycles. The molecule has 1 N–H and O–H groups in total. The number of amides is 1. The summed E-state index contributed by atoms with van der Waals surface area (Å²) in [4.78, 5) is 13.5. The second-order valence-electron chi connectivity index (χ2n) is 3.86. The fourth-order valence-electron chi connectivity index (χ4n) is 1.64. The monoisotopic (exact) mass is 245 g/mol. The normalized spacial score (nSPS) is 10.1. The molecule has 0 aromatic heterocycles. The summed E-state index contributed by atoms with van der Waals surface area (Å²) in [7, 11) is 1.60. The summed E-state index contributed by atoms with van der Waals surface area (Å²) < 4.78 is 12.9. The van der Waals surface area contributed by atoms with E-state index in [9.17, 15) is 14.3 Å². The second-order valence-corrected chi connectivity index (χ2v) is 3.86. The van der Waals surface area contributed by atoms with Gasteiger partial charge >= 0.3 is 0 Å². The number of hydrogen-bond acceptors (Lipinski definition) is 2. The van der Waals surface area contributed by atoms with Crippen molar-refractivity contribution in [3.63, 3.8) is 0 Å². The van der Waals surface area contributed by atoms with E-state index in [-0.39, 0.29) is 11.3 Å². The van der Waals surface area contributed by atoms with Crippen molar-refractivity contribution < 1.29 is 14.3 Å². The highest BCUT2D eigenvalue weighted by Crippen LogP contribution is 2.22. The molecule has 0 aliphatic carbocycles. The number of nitrogens with zero attached hydrogens (tertiary/aromatic N) is 1. The van der Waals surface area contributed by atoms with Gasteiger partial charge in [0.1, 0.15) is 11.6 Å². The van der Waals surface area contributed by atoms with Crippen molar-refractivity contribution in [3.8, 4) is 5.75 Å². The van der Waals surface area contributed by atoms with Gasteiger partial charge in [0.05, 0.1) is 5.56 Å². The zero-order chi connectivity index (χ0) is 13.1. The molecule has 92 valence electrons. The molecule has 4 heteroatoms. The third-order valence-electron chi connectivity index (χ3n) is 2.64. The van der Waals surface area contributed by atoms with E-state index in [1.54, 1.807) is 19.2 Å². The van der Waals surface area contributed by atoms with E-state index in [1.807, 2.05) is 18.2 Å². The molecule has 18 heavy (non-hydrogen) atoms. The first-order valence-corrected chi connectivity index (χ1v) is 5.41. The van der Waals surface area contributed by atoms with E-state index >= 15 is 0 Å². The van der Waals surface area contributed by atoms with Gasteiger partial charge in [-0.1, -0.05) is 18.2 Å². The highest BCUT2D eigenvalue weighted by molar-refractivity contribution is 6.07. The Morgan fingerprint density at radius 2 is 1.83 bits per heavy atom. The van der Waals surface area contributed by atoms with Gasteiger partial charge in [-0.25, -0.2) is 4.39 Å². The molecule has 1 amide bonds. The van der Waals surface area contributed by atoms with Crippen molar-refractivity contribution in [1.82, 2.24) is 0 Å². The van der Waals surface area contributed by atoms with Gasteiger partial charge in [0.2, 0.25) is 0 Å². The summed E-state index contributed by atoms with van der Waals surface area (Å²) >= 11 is 0. The number of rotatable bonds is 2. The predicted octanol–water partition coefficient (Wildman–Crippen LogP) is 2.81. The maximum absolute atomic E-state index is 12.9. The minimum atomic E-state index is -0.577. The van der Waals surface area contributed by atoms with E-state index in [4.69, 9.17) is 0 Å². The Kier molecular flexibility index (Phi) is 3.28. The third-order valence-corrected chi connectivity index (χ3v) is 2.64. The quantitative estimate of drug-likeness (QED) is 0.883. The number of phenolic OH excluding ortho intramolecular Hbond substituents is 1. The summed E-state index contributed by atoms with van der Waals surface area (Å²) in [6, 6.07) is 12.4. The van der Waals surface area contributed by atoms with Crippen LogP contribution in [0.15, 0.2) is 48.5 Å². The standard InChI is InChI=1S/C14H12FNO2/c1-16(11-5-3-2-4-6-11)14(18)12-8-7-10(15)9-13(12)17/h2-9,17H,1H3. The SMILES string of the molecule is CN(C(=O)c1ccc(F)cc1O)c1ccccc1. The topological polar surface area (TPSA) is 40.5 Å². The first-order chi connectivity index (χ1) is 8.59. The minimum absolute atomic E-state index is 0.0720. The second kappa shape index (κ2) is 4.87. The van der Waals surface area contributed by atoms with Crippen LogP contribution in [0.5, 0.6) is 5.75 Å². The Balaban J connectivity index is 2.32. The van der Waals surface area contributed by atoms with Crippen molar-refractivity contribution in [3.05, 3.63) is 59.9 Å². The van der Waals surface area contributed by atoms with Crippen molar-refractivity contribution in [2.75, 3.05) is 11.9 Å². The maximum atomic E-state index is 12.9. The van der Waals surface area contributed by atoms with Gasteiger partial charge in [-0.3, -0.25) is 4.79 Å². The molecule has 0 unspecified atom stereocenters. The Bertz CT molecular complexity index is 569. The predicted molar refractivity (Wildman–Crippen MR) is 67.2 cm³/mol. The van der Waals surface area contributed by atoms with E-state index in [0.29, 0.717) is 5.69 Å². The van der Waals surface area contributed by atoms with Crippen LogP contribution < -0.4 is 4.90 Å². The van der Waals surface area contributed by atoms with E-state index in [2.05, 4.69) is 0 Å². The molecule has 0 fully saturated rings. The fourth-order valence-corrected chi connectivity index (χ4v) is 1.64. The number of anilines is 1. The molecular weight excluding hydrogens is 233 g/mol. The molecule has 0 saturated heterocycles. The molecular formula is C14H12FNO2. The van der Waals surface area contributed by atoms with E-state index in [1.165, 1.54) is 11.0 Å². The lowest BCUT2D eigenvalue weighted by Gasteiger charge is -2.17. The number of phenols is 1. The lowest BCUT2D eigenvalue weighted by atomic mass is 10.1.